The molecule has 0 saturated heterocycles. The molecule has 1 N–H and O–H groups in total. The maximum Gasteiger partial charge on any atom is 0.136 e. The Bertz CT molecular complexity index is 930. The Labute approximate surface area is 181 Å². The van der Waals surface area contributed by atoms with Crippen LogP contribution in [0.15, 0.2) is 30.6 Å². The van der Waals surface area contributed by atoms with E-state index in [9.17, 15) is 5.11 Å². The molecule has 4 fully saturated rings. The lowest BCUT2D eigenvalue weighted by Gasteiger charge is -2.61. The van der Waals surface area contributed by atoms with Gasteiger partial charge in [-0.05, 0) is 111 Å². The highest BCUT2D eigenvalue weighted by atomic mass is 16.3. The highest BCUT2D eigenvalue weighted by molar-refractivity contribution is 5.40. The van der Waals surface area contributed by atoms with Crippen molar-refractivity contribution in [2.75, 3.05) is 0 Å². The quantitative estimate of drug-likeness (QED) is 0.611. The third-order valence-corrected chi connectivity index (χ3v) is 10.7. The molecule has 0 amide bonds. The second-order valence-electron chi connectivity index (χ2n) is 12.2. The highest BCUT2D eigenvalue weighted by Crippen LogP contribution is 2.69. The first kappa shape index (κ1) is 19.3. The van der Waals surface area contributed by atoms with Gasteiger partial charge in [-0.3, -0.25) is 0 Å². The van der Waals surface area contributed by atoms with Crippen LogP contribution in [-0.4, -0.2) is 20.1 Å². The van der Waals surface area contributed by atoms with E-state index in [1.54, 1.807) is 0 Å². The minimum absolute atomic E-state index is 0.405. The highest BCUT2D eigenvalue weighted by Gasteiger charge is 2.61. The Morgan fingerprint density at radius 3 is 2.60 bits per heavy atom. The number of rotatable bonds is 1. The third kappa shape index (κ3) is 2.63. The lowest BCUT2D eigenvalue weighted by atomic mass is 9.44. The number of imidazole rings is 1. The lowest BCUT2D eigenvalue weighted by molar-refractivity contribution is -0.143. The molecule has 4 aliphatic carbocycles. The fourth-order valence-electron chi connectivity index (χ4n) is 9.04. The first-order chi connectivity index (χ1) is 14.3. The largest absolute Gasteiger partial charge is 0.390 e. The van der Waals surface area contributed by atoms with Gasteiger partial charge in [0.25, 0.3) is 0 Å². The van der Waals surface area contributed by atoms with Crippen molar-refractivity contribution in [1.29, 1.82) is 0 Å². The van der Waals surface area contributed by atoms with Crippen LogP contribution in [0.4, 0.5) is 0 Å². The van der Waals surface area contributed by atoms with Gasteiger partial charge in [-0.2, -0.15) is 0 Å². The van der Waals surface area contributed by atoms with Crippen LogP contribution >= 0.6 is 0 Å². The number of nitrogens with zero attached hydrogens (tertiary/aromatic N) is 2. The molecular weight excluding hydrogens is 368 g/mol. The van der Waals surface area contributed by atoms with Crippen molar-refractivity contribution in [2.45, 2.75) is 90.1 Å². The number of aliphatic hydroxyl groups is 1. The average Bonchev–Trinajstić information content (AvgIpc) is 3.28. The first-order valence-corrected chi connectivity index (χ1v) is 12.5. The summed E-state index contributed by atoms with van der Waals surface area (Å²) in [4.78, 5) is 5.07. The smallest absolute Gasteiger partial charge is 0.136 e. The summed E-state index contributed by atoms with van der Waals surface area (Å²) in [6.45, 7) is 7.28. The summed E-state index contributed by atoms with van der Waals surface area (Å²) in [5.41, 5.74) is 2.85. The molecule has 0 radical (unpaired) electrons. The van der Waals surface area contributed by atoms with E-state index in [1.807, 2.05) is 0 Å². The number of hydrogen-bond acceptors (Lipinski definition) is 2. The van der Waals surface area contributed by atoms with Gasteiger partial charge in [-0.15, -0.1) is 0 Å². The molecule has 30 heavy (non-hydrogen) atoms. The summed E-state index contributed by atoms with van der Waals surface area (Å²) >= 11 is 0. The van der Waals surface area contributed by atoms with Crippen molar-refractivity contribution in [3.63, 3.8) is 0 Å². The second kappa shape index (κ2) is 6.34. The van der Waals surface area contributed by atoms with Crippen molar-refractivity contribution in [2.24, 2.45) is 34.5 Å². The zero-order chi connectivity index (χ0) is 20.7. The second-order valence-corrected chi connectivity index (χ2v) is 12.2. The number of pyridine rings is 1. The molecule has 4 aliphatic rings. The molecule has 6 rings (SSSR count). The monoisotopic (exact) mass is 406 g/mol. The van der Waals surface area contributed by atoms with Gasteiger partial charge in [0.15, 0.2) is 0 Å². The summed E-state index contributed by atoms with van der Waals surface area (Å²) in [7, 11) is 0. The van der Waals surface area contributed by atoms with Gasteiger partial charge in [0.1, 0.15) is 5.65 Å². The molecule has 2 aromatic rings. The van der Waals surface area contributed by atoms with E-state index in [-0.39, 0.29) is 0 Å². The van der Waals surface area contributed by atoms with Gasteiger partial charge < -0.3 is 9.51 Å². The Kier molecular flexibility index (Phi) is 4.09. The van der Waals surface area contributed by atoms with Crippen LogP contribution in [0.5, 0.6) is 0 Å². The molecular formula is C27H38N2O. The summed E-state index contributed by atoms with van der Waals surface area (Å²) in [6.07, 6.45) is 15.8. The standard InChI is InChI=1S/C27H38N2O/c1-25(30)13-14-26(2)18(16-25)7-8-19-20-9-10-22(27(20,3)12-11-21(19)26)23-17-29-15-5-4-6-24(29)28-23/h4-6,15,17-22,30H,7-14,16H2,1-3H3/t18?,19-,20-,21+,22?,25?,26-,27-/m0/s1. The van der Waals surface area contributed by atoms with E-state index in [0.717, 1.165) is 42.2 Å². The van der Waals surface area contributed by atoms with Crippen molar-refractivity contribution < 1.29 is 5.11 Å². The summed E-state index contributed by atoms with van der Waals surface area (Å²) in [6, 6.07) is 6.33. The van der Waals surface area contributed by atoms with E-state index in [4.69, 9.17) is 4.98 Å². The SMILES string of the molecule is CC1(O)CC[C@@]2(C)C(CC[C@@H]3[C@H]2CC[C@]2(C)C(c4cn5ccccc5n4)CC[C@@H]32)C1. The first-order valence-electron chi connectivity index (χ1n) is 12.5. The fraction of sp³-hybridized carbons (Fsp3) is 0.741. The van der Waals surface area contributed by atoms with Crippen LogP contribution in [0.2, 0.25) is 0 Å². The van der Waals surface area contributed by atoms with Crippen LogP contribution in [0.25, 0.3) is 5.65 Å². The Balaban J connectivity index is 1.30. The molecule has 0 spiro atoms. The van der Waals surface area contributed by atoms with Crippen LogP contribution in [0.3, 0.4) is 0 Å². The number of fused-ring (bicyclic) bond motifs is 6. The zero-order valence-electron chi connectivity index (χ0n) is 19.0. The molecule has 2 aromatic heterocycles. The van der Waals surface area contributed by atoms with E-state index in [2.05, 4.69) is 55.8 Å². The molecule has 0 bridgehead atoms. The van der Waals surface area contributed by atoms with Crippen molar-refractivity contribution >= 4 is 5.65 Å². The van der Waals surface area contributed by atoms with Crippen LogP contribution in [0, 0.1) is 34.5 Å². The fourth-order valence-corrected chi connectivity index (χ4v) is 9.04. The Morgan fingerprint density at radius 1 is 0.933 bits per heavy atom. The Morgan fingerprint density at radius 2 is 1.77 bits per heavy atom. The van der Waals surface area contributed by atoms with Gasteiger partial charge in [0.05, 0.1) is 11.3 Å². The van der Waals surface area contributed by atoms with Crippen molar-refractivity contribution in [3.8, 4) is 0 Å². The van der Waals surface area contributed by atoms with Crippen molar-refractivity contribution in [3.05, 3.63) is 36.3 Å². The van der Waals surface area contributed by atoms with Crippen LogP contribution in [0.1, 0.15) is 90.2 Å². The third-order valence-electron chi connectivity index (χ3n) is 10.7. The van der Waals surface area contributed by atoms with Crippen LogP contribution in [-0.2, 0) is 0 Å². The molecule has 162 valence electrons. The molecule has 0 aliphatic heterocycles. The molecule has 8 atom stereocenters. The minimum Gasteiger partial charge on any atom is -0.390 e. The molecule has 0 aromatic carbocycles. The molecule has 3 heteroatoms. The zero-order valence-corrected chi connectivity index (χ0v) is 19.0. The summed E-state index contributed by atoms with van der Waals surface area (Å²) in [5.74, 6) is 3.94. The summed E-state index contributed by atoms with van der Waals surface area (Å²) < 4.78 is 2.21. The predicted octanol–water partition coefficient (Wildman–Crippen LogP) is 6.21. The van der Waals surface area contributed by atoms with E-state index < -0.39 is 5.60 Å². The van der Waals surface area contributed by atoms with Gasteiger partial charge in [-0.1, -0.05) is 19.9 Å². The molecule has 3 unspecified atom stereocenters. The molecule has 3 nitrogen and oxygen atoms in total. The summed E-state index contributed by atoms with van der Waals surface area (Å²) in [5, 5.41) is 10.7. The predicted molar refractivity (Wildman–Crippen MR) is 120 cm³/mol. The Hall–Kier alpha value is -1.35. The van der Waals surface area contributed by atoms with Gasteiger partial charge in [0, 0.05) is 18.3 Å². The lowest BCUT2D eigenvalue weighted by Crippen LogP contribution is -2.55. The van der Waals surface area contributed by atoms with Gasteiger partial charge in [-0.25, -0.2) is 4.98 Å². The average molecular weight is 407 g/mol. The van der Waals surface area contributed by atoms with E-state index in [1.165, 1.54) is 50.6 Å². The van der Waals surface area contributed by atoms with Crippen molar-refractivity contribution in [1.82, 2.24) is 9.38 Å². The van der Waals surface area contributed by atoms with E-state index in [0.29, 0.717) is 16.7 Å². The molecule has 4 saturated carbocycles. The number of hydrogen-bond donors (Lipinski definition) is 1. The normalized spacial score (nSPS) is 48.2. The van der Waals surface area contributed by atoms with Gasteiger partial charge in [0.2, 0.25) is 0 Å². The van der Waals surface area contributed by atoms with E-state index >= 15 is 0 Å². The topological polar surface area (TPSA) is 37.5 Å². The number of aromatic nitrogens is 2. The van der Waals surface area contributed by atoms with Crippen LogP contribution < -0.4 is 0 Å². The maximum atomic E-state index is 10.7. The maximum absolute atomic E-state index is 10.7. The molecule has 2 heterocycles. The minimum atomic E-state index is -0.429. The van der Waals surface area contributed by atoms with Gasteiger partial charge >= 0.3 is 0 Å².